The normalized spacial score (nSPS) is 36.9. The lowest BCUT2D eigenvalue weighted by molar-refractivity contribution is 0.119. The minimum Gasteiger partial charge on any atom is -0.395 e. The number of piperazine rings is 1. The Hall–Kier alpha value is -0.170. The van der Waals surface area contributed by atoms with Crippen LogP contribution in [0, 0.1) is 0 Å². The van der Waals surface area contributed by atoms with E-state index in [2.05, 4.69) is 10.2 Å². The number of aliphatic hydroxyl groups is 1. The van der Waals surface area contributed by atoms with E-state index in [4.69, 9.17) is 5.11 Å². The smallest absolute Gasteiger partial charge is 0.153 e. The second-order valence-electron chi connectivity index (χ2n) is 3.96. The van der Waals surface area contributed by atoms with E-state index in [1.165, 1.54) is 0 Å². The number of fused-ring (bicyclic) bond motifs is 1. The fourth-order valence-electron chi connectivity index (χ4n) is 2.35. The van der Waals surface area contributed by atoms with Crippen LogP contribution in [0.1, 0.15) is 0 Å². The summed E-state index contributed by atoms with van der Waals surface area (Å²) in [5.74, 6) is 0.490. The molecule has 2 atom stereocenters. The van der Waals surface area contributed by atoms with Crippen LogP contribution in [-0.4, -0.2) is 68.3 Å². The molecule has 0 aromatic rings. The molecule has 6 heteroatoms. The summed E-state index contributed by atoms with van der Waals surface area (Å²) in [5, 5.41) is 12.1. The Morgan fingerprint density at radius 1 is 1.43 bits per heavy atom. The lowest BCUT2D eigenvalue weighted by Gasteiger charge is -2.36. The zero-order chi connectivity index (χ0) is 10.2. The first-order valence-corrected chi connectivity index (χ1v) is 6.73. The third-order valence-corrected chi connectivity index (χ3v) is 4.70. The standard InChI is InChI=1S/C8H16N2O3S/c11-4-3-10-2-1-9-7-5-14(12,13)6-8(7)10/h7-9,11H,1-6H2. The van der Waals surface area contributed by atoms with Gasteiger partial charge in [0, 0.05) is 31.7 Å². The first-order valence-electron chi connectivity index (χ1n) is 4.91. The molecule has 0 aromatic carbocycles. The maximum absolute atomic E-state index is 11.4. The van der Waals surface area contributed by atoms with Crippen molar-refractivity contribution in [1.82, 2.24) is 10.2 Å². The first-order chi connectivity index (χ1) is 6.62. The molecule has 0 saturated carbocycles. The molecule has 2 aliphatic heterocycles. The molecular weight excluding hydrogens is 204 g/mol. The molecule has 0 amide bonds. The van der Waals surface area contributed by atoms with E-state index in [0.29, 0.717) is 6.54 Å². The van der Waals surface area contributed by atoms with E-state index in [-0.39, 0.29) is 30.2 Å². The summed E-state index contributed by atoms with van der Waals surface area (Å²) in [6.07, 6.45) is 0. The highest BCUT2D eigenvalue weighted by atomic mass is 32.2. The summed E-state index contributed by atoms with van der Waals surface area (Å²) in [5.41, 5.74) is 0. The number of sulfone groups is 1. The number of nitrogens with zero attached hydrogens (tertiary/aromatic N) is 1. The Labute approximate surface area is 84.0 Å². The first kappa shape index (κ1) is 10.4. The zero-order valence-corrected chi connectivity index (χ0v) is 8.83. The quantitative estimate of drug-likeness (QED) is 0.566. The Morgan fingerprint density at radius 2 is 2.21 bits per heavy atom. The monoisotopic (exact) mass is 220 g/mol. The second-order valence-corrected chi connectivity index (χ2v) is 6.12. The number of aliphatic hydroxyl groups excluding tert-OH is 1. The summed E-state index contributed by atoms with van der Waals surface area (Å²) in [6, 6.07) is 0.140. The molecule has 2 heterocycles. The van der Waals surface area contributed by atoms with Gasteiger partial charge in [0.2, 0.25) is 0 Å². The van der Waals surface area contributed by atoms with Crippen LogP contribution in [-0.2, 0) is 9.84 Å². The lowest BCUT2D eigenvalue weighted by atomic mass is 10.1. The Balaban J connectivity index is 2.10. The summed E-state index contributed by atoms with van der Waals surface area (Å²) >= 11 is 0. The van der Waals surface area contributed by atoms with Crippen LogP contribution in [0.5, 0.6) is 0 Å². The predicted molar refractivity (Wildman–Crippen MR) is 52.9 cm³/mol. The van der Waals surface area contributed by atoms with Crippen molar-refractivity contribution >= 4 is 9.84 Å². The average Bonchev–Trinajstić information content (AvgIpc) is 2.41. The molecule has 0 spiro atoms. The molecular formula is C8H16N2O3S. The zero-order valence-electron chi connectivity index (χ0n) is 8.02. The fourth-order valence-corrected chi connectivity index (χ4v) is 4.34. The van der Waals surface area contributed by atoms with Crippen LogP contribution in [0.4, 0.5) is 0 Å². The third kappa shape index (κ3) is 1.93. The molecule has 2 fully saturated rings. The van der Waals surface area contributed by atoms with Crippen molar-refractivity contribution in [2.24, 2.45) is 0 Å². The average molecular weight is 220 g/mol. The minimum atomic E-state index is -2.87. The fraction of sp³-hybridized carbons (Fsp3) is 1.00. The number of rotatable bonds is 2. The van der Waals surface area contributed by atoms with Crippen molar-refractivity contribution < 1.29 is 13.5 Å². The van der Waals surface area contributed by atoms with Gasteiger partial charge in [-0.15, -0.1) is 0 Å². The van der Waals surface area contributed by atoms with Gasteiger partial charge in [-0.2, -0.15) is 0 Å². The van der Waals surface area contributed by atoms with Crippen LogP contribution in [0.3, 0.4) is 0 Å². The van der Waals surface area contributed by atoms with Crippen molar-refractivity contribution in [1.29, 1.82) is 0 Å². The number of nitrogens with one attached hydrogen (secondary N) is 1. The van der Waals surface area contributed by atoms with Crippen molar-refractivity contribution in [2.45, 2.75) is 12.1 Å². The predicted octanol–water partition coefficient (Wildman–Crippen LogP) is -1.95. The summed E-state index contributed by atoms with van der Waals surface area (Å²) in [6.45, 7) is 2.33. The number of hydrogen-bond donors (Lipinski definition) is 2. The molecule has 14 heavy (non-hydrogen) atoms. The Bertz CT molecular complexity index is 302. The second kappa shape index (κ2) is 3.77. The number of hydrogen-bond acceptors (Lipinski definition) is 5. The highest BCUT2D eigenvalue weighted by molar-refractivity contribution is 7.91. The van der Waals surface area contributed by atoms with Crippen LogP contribution >= 0.6 is 0 Å². The molecule has 2 unspecified atom stereocenters. The largest absolute Gasteiger partial charge is 0.395 e. The van der Waals surface area contributed by atoms with E-state index >= 15 is 0 Å². The van der Waals surface area contributed by atoms with Crippen LogP contribution in [0.25, 0.3) is 0 Å². The van der Waals surface area contributed by atoms with Gasteiger partial charge >= 0.3 is 0 Å². The van der Waals surface area contributed by atoms with Gasteiger partial charge in [-0.25, -0.2) is 8.42 Å². The highest BCUT2D eigenvalue weighted by Gasteiger charge is 2.42. The lowest BCUT2D eigenvalue weighted by Crippen LogP contribution is -2.57. The van der Waals surface area contributed by atoms with Crippen molar-refractivity contribution in [3.8, 4) is 0 Å². The van der Waals surface area contributed by atoms with E-state index < -0.39 is 9.84 Å². The SMILES string of the molecule is O=S1(=O)CC2NCCN(CCO)C2C1. The van der Waals surface area contributed by atoms with Crippen LogP contribution in [0.2, 0.25) is 0 Å². The summed E-state index contributed by atoms with van der Waals surface area (Å²) < 4.78 is 22.8. The molecule has 2 saturated heterocycles. The van der Waals surface area contributed by atoms with Gasteiger partial charge in [-0.1, -0.05) is 0 Å². The maximum Gasteiger partial charge on any atom is 0.153 e. The minimum absolute atomic E-state index is 0.0697. The van der Waals surface area contributed by atoms with Gasteiger partial charge in [-0.3, -0.25) is 4.90 Å². The third-order valence-electron chi connectivity index (χ3n) is 2.98. The molecule has 0 radical (unpaired) electrons. The van der Waals surface area contributed by atoms with E-state index in [1.807, 2.05) is 0 Å². The molecule has 2 aliphatic rings. The van der Waals surface area contributed by atoms with Gasteiger partial charge in [-0.05, 0) is 0 Å². The van der Waals surface area contributed by atoms with Crippen molar-refractivity contribution in [3.63, 3.8) is 0 Å². The van der Waals surface area contributed by atoms with Crippen molar-refractivity contribution in [3.05, 3.63) is 0 Å². The molecule has 0 aliphatic carbocycles. The summed E-state index contributed by atoms with van der Waals surface area (Å²) in [4.78, 5) is 2.08. The highest BCUT2D eigenvalue weighted by Crippen LogP contribution is 2.20. The van der Waals surface area contributed by atoms with Gasteiger partial charge in [0.25, 0.3) is 0 Å². The van der Waals surface area contributed by atoms with Gasteiger partial charge < -0.3 is 10.4 Å². The molecule has 82 valence electrons. The summed E-state index contributed by atoms with van der Waals surface area (Å²) in [7, 11) is -2.87. The van der Waals surface area contributed by atoms with Crippen molar-refractivity contribution in [2.75, 3.05) is 37.7 Å². The van der Waals surface area contributed by atoms with E-state index in [9.17, 15) is 8.42 Å². The molecule has 0 aromatic heterocycles. The number of β-amino-alcohol motifs (C(OH)–C–C–N with tert-alkyl or cyclic N) is 1. The van der Waals surface area contributed by atoms with Crippen LogP contribution < -0.4 is 5.32 Å². The van der Waals surface area contributed by atoms with Gasteiger partial charge in [0.15, 0.2) is 9.84 Å². The van der Waals surface area contributed by atoms with Gasteiger partial charge in [0.05, 0.1) is 18.1 Å². The van der Waals surface area contributed by atoms with Gasteiger partial charge in [0.1, 0.15) is 0 Å². The molecule has 2 N–H and O–H groups in total. The van der Waals surface area contributed by atoms with E-state index in [1.54, 1.807) is 0 Å². The Morgan fingerprint density at radius 3 is 2.93 bits per heavy atom. The van der Waals surface area contributed by atoms with Crippen LogP contribution in [0.15, 0.2) is 0 Å². The maximum atomic E-state index is 11.4. The molecule has 5 nitrogen and oxygen atoms in total. The van der Waals surface area contributed by atoms with E-state index in [0.717, 1.165) is 13.1 Å². The molecule has 0 bridgehead atoms. The Kier molecular flexibility index (Phi) is 2.79. The topological polar surface area (TPSA) is 69.6 Å². The molecule has 2 rings (SSSR count).